The minimum absolute atomic E-state index is 0.108. The van der Waals surface area contributed by atoms with Crippen LogP contribution in [-0.4, -0.2) is 41.5 Å². The van der Waals surface area contributed by atoms with Crippen molar-refractivity contribution in [3.8, 4) is 0 Å². The molecule has 0 aliphatic carbocycles. The largest absolute Gasteiger partial charge is 0.433 e. The van der Waals surface area contributed by atoms with Crippen molar-refractivity contribution in [1.82, 2.24) is 29.0 Å². The van der Waals surface area contributed by atoms with Gasteiger partial charge in [0.1, 0.15) is 12.2 Å². The van der Waals surface area contributed by atoms with Gasteiger partial charge in [0.2, 0.25) is 5.91 Å². The van der Waals surface area contributed by atoms with Crippen molar-refractivity contribution < 1.29 is 18.0 Å². The van der Waals surface area contributed by atoms with Crippen LogP contribution in [0.2, 0.25) is 0 Å². The Morgan fingerprint density at radius 3 is 2.79 bits per heavy atom. The summed E-state index contributed by atoms with van der Waals surface area (Å²) in [7, 11) is 0. The number of alkyl halides is 3. The highest BCUT2D eigenvalue weighted by Crippen LogP contribution is 2.34. The van der Waals surface area contributed by atoms with Crippen LogP contribution < -0.4 is 0 Å². The fraction of sp³-hybridized carbons (Fsp3) is 0.474. The highest BCUT2D eigenvalue weighted by atomic mass is 19.4. The molecule has 4 heterocycles. The Morgan fingerprint density at radius 1 is 1.28 bits per heavy atom. The van der Waals surface area contributed by atoms with E-state index in [1.165, 1.54) is 0 Å². The lowest BCUT2D eigenvalue weighted by atomic mass is 9.99. The number of hydrogen-bond donors (Lipinski definition) is 0. The van der Waals surface area contributed by atoms with Crippen LogP contribution in [0.1, 0.15) is 49.3 Å². The molecule has 10 heteroatoms. The standard InChI is InChI=1S/C19H21F3N6O/c1-2-13-9-16(19(20,21)22)28-17(24-13)10-14(25-28)15-5-3-4-7-27(15)18(29)11-26-8-6-23-12-26/h6,8-10,12,15H,2-5,7,11H2,1H3. The molecule has 1 unspecified atom stereocenters. The van der Waals surface area contributed by atoms with Gasteiger partial charge in [-0.3, -0.25) is 4.79 Å². The predicted octanol–water partition coefficient (Wildman–Crippen LogP) is 3.26. The number of halogens is 3. The first-order chi connectivity index (χ1) is 13.9. The summed E-state index contributed by atoms with van der Waals surface area (Å²) in [5.41, 5.74) is 0.0971. The van der Waals surface area contributed by atoms with Crippen LogP contribution in [0.4, 0.5) is 13.2 Å². The molecular formula is C19H21F3N6O. The van der Waals surface area contributed by atoms with Gasteiger partial charge < -0.3 is 9.47 Å². The summed E-state index contributed by atoms with van der Waals surface area (Å²) in [4.78, 5) is 22.8. The van der Waals surface area contributed by atoms with Crippen LogP contribution in [0.15, 0.2) is 30.9 Å². The number of nitrogens with zero attached hydrogens (tertiary/aromatic N) is 6. The number of aryl methyl sites for hydroxylation is 1. The summed E-state index contributed by atoms with van der Waals surface area (Å²) >= 11 is 0. The molecule has 1 aliphatic rings. The minimum atomic E-state index is -4.54. The van der Waals surface area contributed by atoms with Gasteiger partial charge in [0.05, 0.1) is 18.1 Å². The number of likely N-dealkylation sites (tertiary alicyclic amines) is 1. The van der Waals surface area contributed by atoms with Crippen LogP contribution in [0.25, 0.3) is 5.65 Å². The average molecular weight is 406 g/mol. The third-order valence-electron chi connectivity index (χ3n) is 5.19. The number of imidazole rings is 1. The van der Waals surface area contributed by atoms with E-state index < -0.39 is 11.9 Å². The summed E-state index contributed by atoms with van der Waals surface area (Å²) in [6, 6.07) is 2.24. The zero-order valence-electron chi connectivity index (χ0n) is 15.9. The Labute approximate surface area is 165 Å². The molecule has 0 bridgehead atoms. The van der Waals surface area contributed by atoms with Crippen LogP contribution in [0.3, 0.4) is 0 Å². The van der Waals surface area contributed by atoms with E-state index >= 15 is 0 Å². The number of aromatic nitrogens is 5. The van der Waals surface area contributed by atoms with Crippen molar-refractivity contribution in [2.24, 2.45) is 0 Å². The molecule has 4 rings (SSSR count). The molecule has 29 heavy (non-hydrogen) atoms. The number of amides is 1. The number of hydrogen-bond acceptors (Lipinski definition) is 4. The fourth-order valence-electron chi connectivity index (χ4n) is 3.75. The first kappa shape index (κ1) is 19.4. The van der Waals surface area contributed by atoms with Gasteiger partial charge in [-0.25, -0.2) is 14.5 Å². The van der Waals surface area contributed by atoms with Crippen LogP contribution >= 0.6 is 0 Å². The van der Waals surface area contributed by atoms with E-state index in [4.69, 9.17) is 0 Å². The molecule has 0 aromatic carbocycles. The first-order valence-corrected chi connectivity index (χ1v) is 9.59. The quantitative estimate of drug-likeness (QED) is 0.667. The molecule has 1 saturated heterocycles. The second kappa shape index (κ2) is 7.49. The van der Waals surface area contributed by atoms with Crippen molar-refractivity contribution in [3.63, 3.8) is 0 Å². The summed E-state index contributed by atoms with van der Waals surface area (Å²) in [6.45, 7) is 2.44. The maximum atomic E-state index is 13.5. The average Bonchev–Trinajstić information content (AvgIpc) is 3.35. The molecule has 1 atom stereocenters. The van der Waals surface area contributed by atoms with Gasteiger partial charge in [-0.05, 0) is 31.7 Å². The van der Waals surface area contributed by atoms with Gasteiger partial charge in [0.25, 0.3) is 0 Å². The van der Waals surface area contributed by atoms with Crippen molar-refractivity contribution >= 4 is 11.6 Å². The van der Waals surface area contributed by atoms with Gasteiger partial charge in [-0.15, -0.1) is 0 Å². The number of fused-ring (bicyclic) bond motifs is 1. The SMILES string of the molecule is CCc1cc(C(F)(F)F)n2nc(C3CCCCN3C(=O)Cn3ccnc3)cc2n1. The molecule has 154 valence electrons. The normalized spacial score (nSPS) is 17.8. The molecular weight excluding hydrogens is 385 g/mol. The molecule has 7 nitrogen and oxygen atoms in total. The Balaban J connectivity index is 1.70. The highest BCUT2D eigenvalue weighted by Gasteiger charge is 2.36. The second-order valence-corrected chi connectivity index (χ2v) is 7.16. The Morgan fingerprint density at radius 2 is 2.10 bits per heavy atom. The number of rotatable bonds is 4. The van der Waals surface area contributed by atoms with Crippen LogP contribution in [0, 0.1) is 0 Å². The summed E-state index contributed by atoms with van der Waals surface area (Å²) in [5, 5.41) is 4.23. The lowest BCUT2D eigenvalue weighted by Gasteiger charge is -2.34. The first-order valence-electron chi connectivity index (χ1n) is 9.59. The topological polar surface area (TPSA) is 68.3 Å². The highest BCUT2D eigenvalue weighted by molar-refractivity contribution is 5.76. The van der Waals surface area contributed by atoms with Crippen molar-refractivity contribution in [3.05, 3.63) is 47.9 Å². The Bertz CT molecular complexity index is 1010. The van der Waals surface area contributed by atoms with Gasteiger partial charge in [-0.2, -0.15) is 18.3 Å². The van der Waals surface area contributed by atoms with Gasteiger partial charge in [0, 0.05) is 30.7 Å². The molecule has 1 fully saturated rings. The van der Waals surface area contributed by atoms with E-state index in [1.807, 2.05) is 0 Å². The third kappa shape index (κ3) is 3.83. The van der Waals surface area contributed by atoms with Crippen LogP contribution in [0.5, 0.6) is 0 Å². The van der Waals surface area contributed by atoms with Gasteiger partial charge >= 0.3 is 6.18 Å². The van der Waals surface area contributed by atoms with E-state index in [2.05, 4.69) is 15.1 Å². The summed E-state index contributed by atoms with van der Waals surface area (Å²) in [6.07, 6.45) is 3.09. The minimum Gasteiger partial charge on any atom is -0.332 e. The maximum Gasteiger partial charge on any atom is 0.433 e. The lowest BCUT2D eigenvalue weighted by molar-refractivity contribution is -0.143. The van der Waals surface area contributed by atoms with Crippen molar-refractivity contribution in [1.29, 1.82) is 0 Å². The molecule has 1 aliphatic heterocycles. The van der Waals surface area contributed by atoms with E-state index in [0.29, 0.717) is 30.8 Å². The third-order valence-corrected chi connectivity index (χ3v) is 5.19. The molecule has 0 radical (unpaired) electrons. The van der Waals surface area contributed by atoms with Gasteiger partial charge in [-0.1, -0.05) is 6.92 Å². The van der Waals surface area contributed by atoms with Crippen LogP contribution in [-0.2, 0) is 23.9 Å². The maximum absolute atomic E-state index is 13.5. The van der Waals surface area contributed by atoms with Crippen molar-refractivity contribution in [2.45, 2.75) is 51.4 Å². The lowest BCUT2D eigenvalue weighted by Crippen LogP contribution is -2.40. The second-order valence-electron chi connectivity index (χ2n) is 7.16. The number of carbonyl (C=O) groups is 1. The van der Waals surface area contributed by atoms with E-state index in [9.17, 15) is 18.0 Å². The Kier molecular flexibility index (Phi) is 5.01. The molecule has 3 aromatic heterocycles. The zero-order chi connectivity index (χ0) is 20.6. The fourth-order valence-corrected chi connectivity index (χ4v) is 3.75. The smallest absolute Gasteiger partial charge is 0.332 e. The van der Waals surface area contributed by atoms with E-state index in [0.717, 1.165) is 23.4 Å². The Hall–Kier alpha value is -2.91. The summed E-state index contributed by atoms with van der Waals surface area (Å²) in [5.74, 6) is -0.108. The van der Waals surface area contributed by atoms with E-state index in [1.54, 1.807) is 41.2 Å². The molecule has 3 aromatic rings. The number of piperidine rings is 1. The molecule has 0 spiro atoms. The molecule has 1 amide bonds. The summed E-state index contributed by atoms with van der Waals surface area (Å²) < 4.78 is 43.1. The van der Waals surface area contributed by atoms with Gasteiger partial charge in [0.15, 0.2) is 5.65 Å². The monoisotopic (exact) mass is 406 g/mol. The van der Waals surface area contributed by atoms with E-state index in [-0.39, 0.29) is 24.1 Å². The zero-order valence-corrected chi connectivity index (χ0v) is 15.9. The van der Waals surface area contributed by atoms with Crippen molar-refractivity contribution in [2.75, 3.05) is 6.54 Å². The predicted molar refractivity (Wildman–Crippen MR) is 97.9 cm³/mol. The molecule has 0 N–H and O–H groups in total. The molecule has 0 saturated carbocycles. The number of carbonyl (C=O) groups excluding carboxylic acids is 1.